The first-order valence-corrected chi connectivity index (χ1v) is 11.1. The van der Waals surface area contributed by atoms with E-state index in [0.717, 1.165) is 19.3 Å². The molecule has 0 bridgehead atoms. The zero-order chi connectivity index (χ0) is 20.2. The first-order valence-electron chi connectivity index (χ1n) is 11.1. The summed E-state index contributed by atoms with van der Waals surface area (Å²) < 4.78 is 5.14. The molecule has 0 rings (SSSR count). The van der Waals surface area contributed by atoms with Gasteiger partial charge in [0.2, 0.25) is 0 Å². The zero-order valence-corrected chi connectivity index (χ0v) is 17.9. The lowest BCUT2D eigenvalue weighted by molar-refractivity contribution is -0.149. The number of ether oxygens (including phenoxy) is 1. The Morgan fingerprint density at radius 2 is 1.30 bits per heavy atom. The van der Waals surface area contributed by atoms with Gasteiger partial charge in [-0.1, -0.05) is 77.4 Å². The lowest BCUT2D eigenvalue weighted by Gasteiger charge is -2.23. The molecule has 4 nitrogen and oxygen atoms in total. The summed E-state index contributed by atoms with van der Waals surface area (Å²) in [5, 5.41) is 18.3. The molecular formula is C23H44O4. The molecule has 0 aromatic rings. The van der Waals surface area contributed by atoms with E-state index in [2.05, 4.69) is 19.1 Å². The van der Waals surface area contributed by atoms with E-state index in [1.807, 2.05) is 0 Å². The Kier molecular flexibility index (Phi) is 17.9. The molecule has 27 heavy (non-hydrogen) atoms. The van der Waals surface area contributed by atoms with Gasteiger partial charge in [0.15, 0.2) is 0 Å². The monoisotopic (exact) mass is 384 g/mol. The molecule has 0 saturated heterocycles. The number of esters is 1. The van der Waals surface area contributed by atoms with Crippen LogP contribution in [0.3, 0.4) is 0 Å². The second-order valence-electron chi connectivity index (χ2n) is 8.12. The van der Waals surface area contributed by atoms with Crippen molar-refractivity contribution in [1.29, 1.82) is 0 Å². The van der Waals surface area contributed by atoms with E-state index >= 15 is 0 Å². The Bertz CT molecular complexity index is 361. The minimum atomic E-state index is -0.738. The van der Waals surface area contributed by atoms with Crippen LogP contribution in [0.2, 0.25) is 0 Å². The number of aliphatic hydroxyl groups is 2. The first kappa shape index (κ1) is 26.1. The van der Waals surface area contributed by atoms with E-state index in [0.29, 0.717) is 6.42 Å². The van der Waals surface area contributed by atoms with Crippen molar-refractivity contribution in [2.45, 2.75) is 104 Å². The molecule has 0 aliphatic rings. The smallest absolute Gasteiger partial charge is 0.305 e. The van der Waals surface area contributed by atoms with Gasteiger partial charge in [0, 0.05) is 11.8 Å². The lowest BCUT2D eigenvalue weighted by atomic mass is 9.94. The normalized spacial score (nSPS) is 12.0. The van der Waals surface area contributed by atoms with Crippen LogP contribution in [0.5, 0.6) is 0 Å². The van der Waals surface area contributed by atoms with Crippen molar-refractivity contribution < 1.29 is 19.7 Å². The van der Waals surface area contributed by atoms with Crippen molar-refractivity contribution >= 4 is 5.97 Å². The minimum Gasteiger partial charge on any atom is -0.465 e. The molecule has 0 amide bonds. The summed E-state index contributed by atoms with van der Waals surface area (Å²) >= 11 is 0. The second kappa shape index (κ2) is 18.5. The Labute approximate surface area is 167 Å². The molecular weight excluding hydrogens is 340 g/mol. The fourth-order valence-corrected chi connectivity index (χ4v) is 2.81. The van der Waals surface area contributed by atoms with E-state index in [9.17, 15) is 4.79 Å². The van der Waals surface area contributed by atoms with E-state index in [4.69, 9.17) is 14.9 Å². The molecule has 2 N–H and O–H groups in total. The Balaban J connectivity index is 3.37. The maximum Gasteiger partial charge on any atom is 0.305 e. The largest absolute Gasteiger partial charge is 0.465 e. The predicted molar refractivity (Wildman–Crippen MR) is 113 cm³/mol. The SMILES string of the molecule is CCCCCCCCC=CCCCCCCCC(=O)OCC(C)(CO)CO. The van der Waals surface area contributed by atoms with Crippen molar-refractivity contribution in [2.75, 3.05) is 19.8 Å². The number of unbranched alkanes of at least 4 members (excludes halogenated alkanes) is 11. The molecule has 0 atom stereocenters. The third kappa shape index (κ3) is 17.0. The summed E-state index contributed by atoms with van der Waals surface area (Å²) in [6.45, 7) is 3.65. The molecule has 0 aliphatic heterocycles. The number of carbonyl (C=O) groups excluding carboxylic acids is 1. The maximum atomic E-state index is 11.7. The van der Waals surface area contributed by atoms with Gasteiger partial charge < -0.3 is 14.9 Å². The van der Waals surface area contributed by atoms with Gasteiger partial charge in [-0.25, -0.2) is 0 Å². The van der Waals surface area contributed by atoms with Crippen molar-refractivity contribution in [2.24, 2.45) is 5.41 Å². The molecule has 0 saturated carbocycles. The second-order valence-corrected chi connectivity index (χ2v) is 8.12. The molecule has 0 aliphatic carbocycles. The van der Waals surface area contributed by atoms with Gasteiger partial charge >= 0.3 is 5.97 Å². The van der Waals surface area contributed by atoms with Gasteiger partial charge in [-0.15, -0.1) is 0 Å². The topological polar surface area (TPSA) is 66.8 Å². The van der Waals surface area contributed by atoms with Crippen molar-refractivity contribution in [3.05, 3.63) is 12.2 Å². The van der Waals surface area contributed by atoms with Crippen molar-refractivity contribution in [1.82, 2.24) is 0 Å². The fourth-order valence-electron chi connectivity index (χ4n) is 2.81. The van der Waals surface area contributed by atoms with Crippen molar-refractivity contribution in [3.63, 3.8) is 0 Å². The van der Waals surface area contributed by atoms with Crippen LogP contribution in [-0.4, -0.2) is 36.0 Å². The van der Waals surface area contributed by atoms with Crippen LogP contribution in [0.1, 0.15) is 104 Å². The molecule has 0 aromatic carbocycles. The highest BCUT2D eigenvalue weighted by molar-refractivity contribution is 5.69. The highest BCUT2D eigenvalue weighted by atomic mass is 16.5. The lowest BCUT2D eigenvalue weighted by Crippen LogP contribution is -2.32. The van der Waals surface area contributed by atoms with Gasteiger partial charge in [0.25, 0.3) is 0 Å². The Morgan fingerprint density at radius 1 is 0.815 bits per heavy atom. The van der Waals surface area contributed by atoms with E-state index in [1.165, 1.54) is 64.2 Å². The van der Waals surface area contributed by atoms with Crippen LogP contribution in [0.25, 0.3) is 0 Å². The Morgan fingerprint density at radius 3 is 1.81 bits per heavy atom. The molecule has 0 fully saturated rings. The number of hydrogen-bond donors (Lipinski definition) is 2. The van der Waals surface area contributed by atoms with E-state index in [1.54, 1.807) is 6.92 Å². The maximum absolute atomic E-state index is 11.7. The summed E-state index contributed by atoms with van der Waals surface area (Å²) in [6.07, 6.45) is 21.1. The first-order chi connectivity index (χ1) is 13.1. The summed E-state index contributed by atoms with van der Waals surface area (Å²) in [5.74, 6) is -0.235. The van der Waals surface area contributed by atoms with Gasteiger partial charge in [-0.2, -0.15) is 0 Å². The third-order valence-corrected chi connectivity index (χ3v) is 4.99. The standard InChI is InChI=1S/C23H44O4/c1-3-4-5-6-7-8-9-10-11-12-13-14-15-16-17-18-22(26)27-21-23(2,19-24)20-25/h10-11,24-25H,3-9,12-21H2,1-2H3. The highest BCUT2D eigenvalue weighted by Gasteiger charge is 2.24. The Hall–Kier alpha value is -0.870. The number of carbonyl (C=O) groups is 1. The van der Waals surface area contributed by atoms with Gasteiger partial charge in [-0.3, -0.25) is 4.79 Å². The predicted octanol–water partition coefficient (Wildman–Crippen LogP) is 5.56. The van der Waals surface area contributed by atoms with Crippen LogP contribution in [-0.2, 0) is 9.53 Å². The zero-order valence-electron chi connectivity index (χ0n) is 17.9. The molecule has 0 aromatic heterocycles. The van der Waals surface area contributed by atoms with Gasteiger partial charge in [0.05, 0.1) is 13.2 Å². The summed E-state index contributed by atoms with van der Waals surface area (Å²) in [4.78, 5) is 11.7. The van der Waals surface area contributed by atoms with Gasteiger partial charge in [-0.05, 0) is 32.1 Å². The average Bonchev–Trinajstić information content (AvgIpc) is 2.69. The third-order valence-electron chi connectivity index (χ3n) is 4.99. The molecule has 160 valence electrons. The van der Waals surface area contributed by atoms with Crippen LogP contribution in [0.4, 0.5) is 0 Å². The van der Waals surface area contributed by atoms with Crippen LogP contribution >= 0.6 is 0 Å². The number of allylic oxidation sites excluding steroid dienone is 2. The summed E-state index contributed by atoms with van der Waals surface area (Å²) in [6, 6.07) is 0. The molecule has 0 radical (unpaired) electrons. The van der Waals surface area contributed by atoms with Crippen LogP contribution < -0.4 is 0 Å². The van der Waals surface area contributed by atoms with Crippen LogP contribution in [0.15, 0.2) is 12.2 Å². The quantitative estimate of drug-likeness (QED) is 0.174. The number of aliphatic hydroxyl groups excluding tert-OH is 2. The number of hydrogen-bond acceptors (Lipinski definition) is 4. The summed E-state index contributed by atoms with van der Waals surface area (Å²) in [7, 11) is 0. The van der Waals surface area contributed by atoms with Crippen LogP contribution in [0, 0.1) is 5.41 Å². The molecule has 4 heteroatoms. The molecule has 0 unspecified atom stereocenters. The molecule has 0 heterocycles. The van der Waals surface area contributed by atoms with E-state index < -0.39 is 5.41 Å². The highest BCUT2D eigenvalue weighted by Crippen LogP contribution is 2.15. The van der Waals surface area contributed by atoms with Gasteiger partial charge in [0.1, 0.15) is 6.61 Å². The fraction of sp³-hybridized carbons (Fsp3) is 0.870. The number of rotatable bonds is 19. The summed E-state index contributed by atoms with van der Waals surface area (Å²) in [5.41, 5.74) is -0.738. The molecule has 0 spiro atoms. The minimum absolute atomic E-state index is 0.0733. The van der Waals surface area contributed by atoms with Crippen molar-refractivity contribution in [3.8, 4) is 0 Å². The average molecular weight is 385 g/mol. The van der Waals surface area contributed by atoms with E-state index in [-0.39, 0.29) is 25.8 Å².